The minimum absolute atomic E-state index is 0.0205. The fourth-order valence-electron chi connectivity index (χ4n) is 2.67. The summed E-state index contributed by atoms with van der Waals surface area (Å²) in [5.74, 6) is 0.753. The van der Waals surface area contributed by atoms with E-state index in [0.29, 0.717) is 0 Å². The molecule has 0 atom stereocenters. The van der Waals surface area contributed by atoms with Crippen LogP contribution in [0.15, 0.2) is 24.3 Å². The second-order valence-corrected chi connectivity index (χ2v) is 5.30. The molecule has 0 aromatic heterocycles. The van der Waals surface area contributed by atoms with Gasteiger partial charge in [0, 0.05) is 5.54 Å². The molecule has 1 aliphatic heterocycles. The summed E-state index contributed by atoms with van der Waals surface area (Å²) >= 11 is 0. The van der Waals surface area contributed by atoms with Gasteiger partial charge in [-0.2, -0.15) is 0 Å². The molecular weight excluding hydrogens is 196 g/mol. The summed E-state index contributed by atoms with van der Waals surface area (Å²) in [7, 11) is 0. The Balaban J connectivity index is 1.76. The maximum absolute atomic E-state index is 6.19. The van der Waals surface area contributed by atoms with Crippen LogP contribution in [0.1, 0.15) is 42.7 Å². The molecule has 1 saturated heterocycles. The topological polar surface area (TPSA) is 38.0 Å². The van der Waals surface area contributed by atoms with Crippen molar-refractivity contribution in [1.82, 2.24) is 5.32 Å². The van der Waals surface area contributed by atoms with Crippen LogP contribution in [0.4, 0.5) is 0 Å². The molecule has 16 heavy (non-hydrogen) atoms. The molecule has 1 heterocycles. The predicted molar refractivity (Wildman–Crippen MR) is 66.4 cm³/mol. The number of rotatable bonds is 2. The van der Waals surface area contributed by atoms with E-state index in [-0.39, 0.29) is 5.54 Å². The number of piperidine rings is 1. The van der Waals surface area contributed by atoms with Crippen LogP contribution in [0.25, 0.3) is 0 Å². The molecule has 0 amide bonds. The van der Waals surface area contributed by atoms with Crippen LogP contribution < -0.4 is 11.1 Å². The first-order valence-corrected chi connectivity index (χ1v) is 6.38. The van der Waals surface area contributed by atoms with E-state index >= 15 is 0 Å². The third kappa shape index (κ3) is 1.87. The predicted octanol–water partition coefficient (Wildman–Crippen LogP) is 2.10. The minimum Gasteiger partial charge on any atom is -0.321 e. The van der Waals surface area contributed by atoms with Crippen LogP contribution >= 0.6 is 0 Å². The quantitative estimate of drug-likeness (QED) is 0.794. The lowest BCUT2D eigenvalue weighted by Crippen LogP contribution is -2.26. The van der Waals surface area contributed by atoms with Gasteiger partial charge in [-0.1, -0.05) is 24.3 Å². The van der Waals surface area contributed by atoms with Gasteiger partial charge in [0.05, 0.1) is 0 Å². The molecule has 3 N–H and O–H groups in total. The Morgan fingerprint density at radius 1 is 1.06 bits per heavy atom. The number of nitrogens with one attached hydrogen (secondary N) is 1. The van der Waals surface area contributed by atoms with Gasteiger partial charge in [0.2, 0.25) is 0 Å². The first-order chi connectivity index (χ1) is 7.78. The van der Waals surface area contributed by atoms with Gasteiger partial charge in [0.15, 0.2) is 0 Å². The van der Waals surface area contributed by atoms with Crippen molar-refractivity contribution in [3.05, 3.63) is 35.4 Å². The normalized spacial score (nSPS) is 24.3. The second kappa shape index (κ2) is 3.86. The molecule has 1 saturated carbocycles. The van der Waals surface area contributed by atoms with Crippen molar-refractivity contribution in [3.63, 3.8) is 0 Å². The first kappa shape index (κ1) is 10.3. The Morgan fingerprint density at radius 3 is 2.25 bits per heavy atom. The monoisotopic (exact) mass is 216 g/mol. The number of hydrogen-bond donors (Lipinski definition) is 2. The highest BCUT2D eigenvalue weighted by Gasteiger charge is 2.39. The molecule has 0 unspecified atom stereocenters. The number of benzene rings is 1. The Hall–Kier alpha value is -0.860. The highest BCUT2D eigenvalue weighted by Crippen LogP contribution is 2.42. The van der Waals surface area contributed by atoms with E-state index in [1.54, 1.807) is 0 Å². The molecule has 1 aromatic rings. The average molecular weight is 216 g/mol. The molecule has 1 aromatic carbocycles. The molecule has 86 valence electrons. The van der Waals surface area contributed by atoms with Crippen LogP contribution in [0.2, 0.25) is 0 Å². The van der Waals surface area contributed by atoms with Crippen molar-refractivity contribution in [3.8, 4) is 0 Å². The van der Waals surface area contributed by atoms with Crippen molar-refractivity contribution < 1.29 is 0 Å². The van der Waals surface area contributed by atoms with Gasteiger partial charge in [0.25, 0.3) is 0 Å². The standard InChI is InChI=1S/C14H20N2/c15-14(7-8-14)13-3-1-11(2-4-13)12-5-9-16-10-6-12/h1-4,12,16H,5-10,15H2. The lowest BCUT2D eigenvalue weighted by Gasteiger charge is -2.23. The Morgan fingerprint density at radius 2 is 1.69 bits per heavy atom. The maximum atomic E-state index is 6.19. The van der Waals surface area contributed by atoms with Crippen molar-refractivity contribution in [2.75, 3.05) is 13.1 Å². The fraction of sp³-hybridized carbons (Fsp3) is 0.571. The van der Waals surface area contributed by atoms with Crippen molar-refractivity contribution in [2.24, 2.45) is 5.73 Å². The van der Waals surface area contributed by atoms with Crippen LogP contribution in [-0.4, -0.2) is 13.1 Å². The van der Waals surface area contributed by atoms with Gasteiger partial charge in [-0.15, -0.1) is 0 Å². The van der Waals surface area contributed by atoms with Crippen LogP contribution in [-0.2, 0) is 5.54 Å². The molecule has 0 radical (unpaired) electrons. The third-order valence-electron chi connectivity index (χ3n) is 4.08. The highest BCUT2D eigenvalue weighted by molar-refractivity contribution is 5.33. The Bertz CT molecular complexity index is 359. The van der Waals surface area contributed by atoms with E-state index in [0.717, 1.165) is 31.8 Å². The Kier molecular flexibility index (Phi) is 2.49. The van der Waals surface area contributed by atoms with Gasteiger partial charge in [-0.05, 0) is 55.8 Å². The van der Waals surface area contributed by atoms with Gasteiger partial charge in [-0.3, -0.25) is 0 Å². The summed E-state index contributed by atoms with van der Waals surface area (Å²) in [6.45, 7) is 2.32. The van der Waals surface area contributed by atoms with E-state index < -0.39 is 0 Å². The summed E-state index contributed by atoms with van der Waals surface area (Å²) in [6, 6.07) is 9.06. The molecule has 0 bridgehead atoms. The molecule has 2 heteroatoms. The van der Waals surface area contributed by atoms with Crippen molar-refractivity contribution in [2.45, 2.75) is 37.1 Å². The average Bonchev–Trinajstić information content (AvgIpc) is 3.10. The van der Waals surface area contributed by atoms with Crippen molar-refractivity contribution >= 4 is 0 Å². The van der Waals surface area contributed by atoms with E-state index in [1.165, 1.54) is 24.0 Å². The molecule has 2 aliphatic rings. The van der Waals surface area contributed by atoms with Gasteiger partial charge in [-0.25, -0.2) is 0 Å². The molecular formula is C14H20N2. The zero-order valence-electron chi connectivity index (χ0n) is 9.71. The largest absolute Gasteiger partial charge is 0.321 e. The molecule has 0 spiro atoms. The van der Waals surface area contributed by atoms with Crippen LogP contribution in [0.3, 0.4) is 0 Å². The minimum atomic E-state index is 0.0205. The number of hydrogen-bond acceptors (Lipinski definition) is 2. The first-order valence-electron chi connectivity index (χ1n) is 6.38. The lowest BCUT2D eigenvalue weighted by atomic mass is 9.89. The zero-order valence-corrected chi connectivity index (χ0v) is 9.71. The molecule has 2 nitrogen and oxygen atoms in total. The van der Waals surface area contributed by atoms with Crippen LogP contribution in [0.5, 0.6) is 0 Å². The van der Waals surface area contributed by atoms with Gasteiger partial charge >= 0.3 is 0 Å². The maximum Gasteiger partial charge on any atom is 0.0411 e. The van der Waals surface area contributed by atoms with E-state index in [9.17, 15) is 0 Å². The van der Waals surface area contributed by atoms with E-state index in [1.807, 2.05) is 0 Å². The number of nitrogens with two attached hydrogens (primary N) is 1. The third-order valence-corrected chi connectivity index (χ3v) is 4.08. The zero-order chi connectivity index (χ0) is 11.0. The smallest absolute Gasteiger partial charge is 0.0411 e. The van der Waals surface area contributed by atoms with Crippen molar-refractivity contribution in [1.29, 1.82) is 0 Å². The summed E-state index contributed by atoms with van der Waals surface area (Å²) in [6.07, 6.45) is 4.85. The van der Waals surface area contributed by atoms with Gasteiger partial charge < -0.3 is 11.1 Å². The molecule has 2 fully saturated rings. The SMILES string of the molecule is NC1(c2ccc(C3CCNCC3)cc2)CC1. The van der Waals surface area contributed by atoms with Gasteiger partial charge in [0.1, 0.15) is 0 Å². The Labute approximate surface area is 97.2 Å². The fourth-order valence-corrected chi connectivity index (χ4v) is 2.67. The molecule has 1 aliphatic carbocycles. The lowest BCUT2D eigenvalue weighted by molar-refractivity contribution is 0.460. The highest BCUT2D eigenvalue weighted by atomic mass is 14.9. The van der Waals surface area contributed by atoms with E-state index in [2.05, 4.69) is 29.6 Å². The summed E-state index contributed by atoms with van der Waals surface area (Å²) in [4.78, 5) is 0. The summed E-state index contributed by atoms with van der Waals surface area (Å²) in [5.41, 5.74) is 9.03. The molecule has 3 rings (SSSR count). The summed E-state index contributed by atoms with van der Waals surface area (Å²) in [5, 5.41) is 3.41. The van der Waals surface area contributed by atoms with E-state index in [4.69, 9.17) is 5.73 Å². The summed E-state index contributed by atoms with van der Waals surface area (Å²) < 4.78 is 0. The van der Waals surface area contributed by atoms with Crippen LogP contribution in [0, 0.1) is 0 Å². The second-order valence-electron chi connectivity index (χ2n) is 5.30.